The predicted octanol–water partition coefficient (Wildman–Crippen LogP) is 1.82. The summed E-state index contributed by atoms with van der Waals surface area (Å²) >= 11 is 0. The fourth-order valence-corrected chi connectivity index (χ4v) is 1.70. The van der Waals surface area contributed by atoms with Crippen LogP contribution in [0.1, 0.15) is 15.9 Å². The zero-order valence-corrected chi connectivity index (χ0v) is 10.3. The highest BCUT2D eigenvalue weighted by Crippen LogP contribution is 2.12. The topological polar surface area (TPSA) is 48.3 Å². The molecule has 0 atom stereocenters. The molecule has 0 fully saturated rings. The van der Waals surface area contributed by atoms with Crippen molar-refractivity contribution in [3.8, 4) is 0 Å². The van der Waals surface area contributed by atoms with Crippen LogP contribution in [-0.4, -0.2) is 17.6 Å². The van der Waals surface area contributed by atoms with Gasteiger partial charge in [0.2, 0.25) is 0 Å². The van der Waals surface area contributed by atoms with Crippen molar-refractivity contribution >= 4 is 5.97 Å². The number of halogens is 1. The highest BCUT2D eigenvalue weighted by atomic mass is 19.1. The summed E-state index contributed by atoms with van der Waals surface area (Å²) in [5.41, 5.74) is 0.268. The van der Waals surface area contributed by atoms with Crippen LogP contribution in [-0.2, 0) is 11.3 Å². The molecule has 0 saturated heterocycles. The highest BCUT2D eigenvalue weighted by molar-refractivity contribution is 5.89. The summed E-state index contributed by atoms with van der Waals surface area (Å²) in [5, 5.41) is 0. The number of carbonyl (C=O) groups is 1. The number of rotatable bonds is 3. The van der Waals surface area contributed by atoms with Gasteiger partial charge in [0, 0.05) is 17.8 Å². The van der Waals surface area contributed by atoms with Crippen molar-refractivity contribution in [2.75, 3.05) is 7.11 Å². The lowest BCUT2D eigenvalue weighted by atomic mass is 10.1. The molecule has 0 aliphatic carbocycles. The van der Waals surface area contributed by atoms with Crippen molar-refractivity contribution < 1.29 is 13.9 Å². The van der Waals surface area contributed by atoms with Crippen molar-refractivity contribution in [3.63, 3.8) is 0 Å². The molecule has 1 heterocycles. The molecule has 1 aromatic heterocycles. The van der Waals surface area contributed by atoms with E-state index >= 15 is 0 Å². The first kappa shape index (κ1) is 13.0. The summed E-state index contributed by atoms with van der Waals surface area (Å²) in [4.78, 5) is 22.8. The Balaban J connectivity index is 2.30. The van der Waals surface area contributed by atoms with E-state index in [1.807, 2.05) is 0 Å². The van der Waals surface area contributed by atoms with Gasteiger partial charge in [-0.3, -0.25) is 4.79 Å². The SMILES string of the molecule is COC(=O)c1ccc(Cn2ccccc2=O)c(F)c1. The molecule has 0 unspecified atom stereocenters. The molecule has 0 spiro atoms. The molecule has 1 aromatic carbocycles. The van der Waals surface area contributed by atoms with Crippen LogP contribution in [0.15, 0.2) is 47.4 Å². The van der Waals surface area contributed by atoms with E-state index in [1.165, 1.54) is 29.9 Å². The number of hydrogen-bond acceptors (Lipinski definition) is 3. The average molecular weight is 261 g/mol. The molecule has 2 rings (SSSR count). The number of nitrogens with zero attached hydrogens (tertiary/aromatic N) is 1. The second-order valence-corrected chi connectivity index (χ2v) is 3.96. The van der Waals surface area contributed by atoms with E-state index < -0.39 is 11.8 Å². The van der Waals surface area contributed by atoms with Crippen molar-refractivity contribution in [1.82, 2.24) is 4.57 Å². The Morgan fingerprint density at radius 3 is 2.74 bits per heavy atom. The molecule has 98 valence electrons. The van der Waals surface area contributed by atoms with E-state index in [0.717, 1.165) is 6.07 Å². The summed E-state index contributed by atoms with van der Waals surface area (Å²) in [6.45, 7) is 0.118. The van der Waals surface area contributed by atoms with Crippen LogP contribution in [0, 0.1) is 5.82 Å². The number of aromatic nitrogens is 1. The Morgan fingerprint density at radius 1 is 1.32 bits per heavy atom. The summed E-state index contributed by atoms with van der Waals surface area (Å²) in [6, 6.07) is 8.77. The van der Waals surface area contributed by atoms with Gasteiger partial charge in [-0.25, -0.2) is 9.18 Å². The van der Waals surface area contributed by atoms with Crippen molar-refractivity contribution in [2.45, 2.75) is 6.54 Å². The van der Waals surface area contributed by atoms with Crippen molar-refractivity contribution in [3.05, 3.63) is 69.9 Å². The summed E-state index contributed by atoms with van der Waals surface area (Å²) in [6.07, 6.45) is 1.58. The number of ether oxygens (including phenoxy) is 1. The van der Waals surface area contributed by atoms with Crippen LogP contribution in [0.3, 0.4) is 0 Å². The lowest BCUT2D eigenvalue weighted by molar-refractivity contribution is 0.0600. The molecule has 0 aliphatic rings. The maximum Gasteiger partial charge on any atom is 0.337 e. The molecule has 0 aliphatic heterocycles. The zero-order valence-electron chi connectivity index (χ0n) is 10.3. The molecule has 0 amide bonds. The van der Waals surface area contributed by atoms with Gasteiger partial charge >= 0.3 is 5.97 Å². The smallest absolute Gasteiger partial charge is 0.337 e. The van der Waals surface area contributed by atoms with Gasteiger partial charge in [0.25, 0.3) is 5.56 Å². The maximum absolute atomic E-state index is 13.8. The first-order valence-corrected chi connectivity index (χ1v) is 5.64. The van der Waals surface area contributed by atoms with Crippen LogP contribution >= 0.6 is 0 Å². The first-order chi connectivity index (χ1) is 9.11. The number of carbonyl (C=O) groups excluding carboxylic acids is 1. The van der Waals surface area contributed by atoms with Gasteiger partial charge in [0.1, 0.15) is 5.82 Å². The molecule has 0 bridgehead atoms. The molecule has 2 aromatic rings. The zero-order chi connectivity index (χ0) is 13.8. The van der Waals surface area contributed by atoms with Gasteiger partial charge in [0.15, 0.2) is 0 Å². The Bertz CT molecular complexity index is 664. The minimum atomic E-state index is -0.595. The molecule has 0 saturated carbocycles. The van der Waals surface area contributed by atoms with E-state index in [9.17, 15) is 14.0 Å². The van der Waals surface area contributed by atoms with Gasteiger partial charge in [-0.15, -0.1) is 0 Å². The molecule has 5 heteroatoms. The number of benzene rings is 1. The monoisotopic (exact) mass is 261 g/mol. The Kier molecular flexibility index (Phi) is 3.75. The van der Waals surface area contributed by atoms with E-state index in [0.29, 0.717) is 5.56 Å². The number of methoxy groups -OCH3 is 1. The number of hydrogen-bond donors (Lipinski definition) is 0. The van der Waals surface area contributed by atoms with E-state index in [1.54, 1.807) is 18.3 Å². The van der Waals surface area contributed by atoms with Crippen molar-refractivity contribution in [1.29, 1.82) is 0 Å². The maximum atomic E-state index is 13.8. The number of pyridine rings is 1. The summed E-state index contributed by atoms with van der Waals surface area (Å²) in [7, 11) is 1.23. The fraction of sp³-hybridized carbons (Fsp3) is 0.143. The normalized spacial score (nSPS) is 10.2. The van der Waals surface area contributed by atoms with Gasteiger partial charge in [-0.1, -0.05) is 12.1 Å². The Hall–Kier alpha value is -2.43. The third-order valence-electron chi connectivity index (χ3n) is 2.71. The van der Waals surface area contributed by atoms with Crippen molar-refractivity contribution in [2.24, 2.45) is 0 Å². The average Bonchev–Trinajstić information content (AvgIpc) is 2.42. The predicted molar refractivity (Wildman–Crippen MR) is 67.5 cm³/mol. The van der Waals surface area contributed by atoms with Crippen LogP contribution in [0.25, 0.3) is 0 Å². The van der Waals surface area contributed by atoms with Crippen LogP contribution in [0.2, 0.25) is 0 Å². The van der Waals surface area contributed by atoms with Gasteiger partial charge in [-0.05, 0) is 18.2 Å². The summed E-state index contributed by atoms with van der Waals surface area (Å²) < 4.78 is 19.7. The highest BCUT2D eigenvalue weighted by Gasteiger charge is 2.10. The Labute approximate surface area is 109 Å². The molecule has 19 heavy (non-hydrogen) atoms. The largest absolute Gasteiger partial charge is 0.465 e. The number of esters is 1. The van der Waals surface area contributed by atoms with Gasteiger partial charge in [0.05, 0.1) is 19.2 Å². The molecule has 4 nitrogen and oxygen atoms in total. The second kappa shape index (κ2) is 5.48. The fourth-order valence-electron chi connectivity index (χ4n) is 1.70. The molecular weight excluding hydrogens is 249 g/mol. The third-order valence-corrected chi connectivity index (χ3v) is 2.71. The minimum Gasteiger partial charge on any atom is -0.465 e. The standard InChI is InChI=1S/C14H12FNO3/c1-19-14(18)10-5-6-11(12(15)8-10)9-16-7-3-2-4-13(16)17/h2-8H,9H2,1H3. The first-order valence-electron chi connectivity index (χ1n) is 5.64. The van der Waals surface area contributed by atoms with E-state index in [-0.39, 0.29) is 17.7 Å². The minimum absolute atomic E-state index is 0.118. The molecular formula is C14H12FNO3. The Morgan fingerprint density at radius 2 is 2.11 bits per heavy atom. The van der Waals surface area contributed by atoms with Crippen LogP contribution in [0.4, 0.5) is 4.39 Å². The van der Waals surface area contributed by atoms with Gasteiger partial charge < -0.3 is 9.30 Å². The van der Waals surface area contributed by atoms with Crippen LogP contribution < -0.4 is 5.56 Å². The lowest BCUT2D eigenvalue weighted by Crippen LogP contribution is -2.19. The quantitative estimate of drug-likeness (QED) is 0.792. The lowest BCUT2D eigenvalue weighted by Gasteiger charge is -2.07. The van der Waals surface area contributed by atoms with Crippen LogP contribution in [0.5, 0.6) is 0 Å². The van der Waals surface area contributed by atoms with E-state index in [2.05, 4.69) is 4.74 Å². The van der Waals surface area contributed by atoms with Gasteiger partial charge in [-0.2, -0.15) is 0 Å². The van der Waals surface area contributed by atoms with E-state index in [4.69, 9.17) is 0 Å². The third kappa shape index (κ3) is 2.88. The summed E-state index contributed by atoms with van der Waals surface area (Å²) in [5.74, 6) is -1.14. The molecule has 0 radical (unpaired) electrons. The second-order valence-electron chi connectivity index (χ2n) is 3.96. The molecule has 0 N–H and O–H groups in total.